The van der Waals surface area contributed by atoms with Gasteiger partial charge in [0.2, 0.25) is 0 Å². The number of hydrogen-bond acceptors (Lipinski definition) is 3. The van der Waals surface area contributed by atoms with Gasteiger partial charge in [-0.05, 0) is 36.4 Å². The summed E-state index contributed by atoms with van der Waals surface area (Å²) < 4.78 is 12.7. The molecule has 4 nitrogen and oxygen atoms in total. The van der Waals surface area contributed by atoms with Gasteiger partial charge in [0, 0.05) is 17.3 Å². The molecule has 0 amide bonds. The Hall–Kier alpha value is -2.56. The smallest absolute Gasteiger partial charge is 0.377 e. The minimum atomic E-state index is -1.52. The number of carbonyl (C=O) groups is 2. The van der Waals surface area contributed by atoms with E-state index < -0.39 is 11.8 Å². The molecular weight excluding hydrogens is 237 g/mol. The van der Waals surface area contributed by atoms with Gasteiger partial charge in [-0.1, -0.05) is 0 Å². The van der Waals surface area contributed by atoms with Crippen molar-refractivity contribution in [1.82, 2.24) is 4.98 Å². The van der Waals surface area contributed by atoms with Crippen molar-refractivity contribution in [3.05, 3.63) is 54.0 Å². The molecule has 2 rings (SSSR count). The molecule has 1 heterocycles. The molecule has 0 fully saturated rings. The van der Waals surface area contributed by atoms with Gasteiger partial charge in [-0.2, -0.15) is 0 Å². The summed E-state index contributed by atoms with van der Waals surface area (Å²) in [5.41, 5.74) is 1.23. The SMILES string of the molecule is O=C(O)C(=O)c1ccc(-c2ccc(F)cc2)nc1. The Bertz CT molecular complexity index is 591. The average Bonchev–Trinajstić information content (AvgIpc) is 2.39. The van der Waals surface area contributed by atoms with E-state index in [9.17, 15) is 14.0 Å². The molecule has 0 saturated heterocycles. The quantitative estimate of drug-likeness (QED) is 0.664. The van der Waals surface area contributed by atoms with Gasteiger partial charge in [-0.15, -0.1) is 0 Å². The number of carbonyl (C=O) groups excluding carboxylic acids is 1. The van der Waals surface area contributed by atoms with Crippen LogP contribution in [0, 0.1) is 5.82 Å². The maximum absolute atomic E-state index is 12.7. The molecule has 18 heavy (non-hydrogen) atoms. The number of carboxylic acids is 1. The maximum Gasteiger partial charge on any atom is 0.377 e. The minimum Gasteiger partial charge on any atom is -0.475 e. The van der Waals surface area contributed by atoms with Crippen LogP contribution in [-0.2, 0) is 4.79 Å². The van der Waals surface area contributed by atoms with Crippen LogP contribution < -0.4 is 0 Å². The van der Waals surface area contributed by atoms with Gasteiger partial charge in [0.15, 0.2) is 0 Å². The number of aromatic nitrogens is 1. The zero-order chi connectivity index (χ0) is 13.1. The van der Waals surface area contributed by atoms with Crippen molar-refractivity contribution in [3.8, 4) is 11.3 Å². The van der Waals surface area contributed by atoms with E-state index in [4.69, 9.17) is 5.11 Å². The van der Waals surface area contributed by atoms with Crippen LogP contribution in [0.1, 0.15) is 10.4 Å². The predicted molar refractivity (Wildman–Crippen MR) is 61.6 cm³/mol. The van der Waals surface area contributed by atoms with E-state index in [1.807, 2.05) is 0 Å². The van der Waals surface area contributed by atoms with E-state index >= 15 is 0 Å². The van der Waals surface area contributed by atoms with Crippen molar-refractivity contribution >= 4 is 11.8 Å². The van der Waals surface area contributed by atoms with Crippen LogP contribution in [0.15, 0.2) is 42.6 Å². The first-order valence-corrected chi connectivity index (χ1v) is 5.07. The number of pyridine rings is 1. The predicted octanol–water partition coefficient (Wildman–Crippen LogP) is 2.16. The summed E-state index contributed by atoms with van der Waals surface area (Å²) in [5, 5.41) is 8.53. The number of nitrogens with zero attached hydrogens (tertiary/aromatic N) is 1. The second-order valence-corrected chi connectivity index (χ2v) is 3.57. The Morgan fingerprint density at radius 1 is 1.06 bits per heavy atom. The van der Waals surface area contributed by atoms with Crippen molar-refractivity contribution < 1.29 is 19.1 Å². The lowest BCUT2D eigenvalue weighted by atomic mass is 10.1. The Balaban J connectivity index is 2.30. The molecule has 0 bridgehead atoms. The maximum atomic E-state index is 12.7. The zero-order valence-electron chi connectivity index (χ0n) is 9.13. The number of Topliss-reactive ketones (excluding diaryl/α,β-unsaturated/α-hetero) is 1. The fourth-order valence-corrected chi connectivity index (χ4v) is 1.44. The summed E-state index contributed by atoms with van der Waals surface area (Å²) in [5.74, 6) is -2.88. The highest BCUT2D eigenvalue weighted by molar-refractivity contribution is 6.39. The van der Waals surface area contributed by atoms with Crippen LogP contribution in [0.3, 0.4) is 0 Å². The first kappa shape index (κ1) is 11.9. The molecule has 0 aliphatic rings. The summed E-state index contributed by atoms with van der Waals surface area (Å²) in [6, 6.07) is 8.60. The normalized spacial score (nSPS) is 10.1. The molecule has 1 N–H and O–H groups in total. The van der Waals surface area contributed by atoms with Crippen LogP contribution in [0.5, 0.6) is 0 Å². The van der Waals surface area contributed by atoms with Crippen molar-refractivity contribution in [3.63, 3.8) is 0 Å². The largest absolute Gasteiger partial charge is 0.475 e. The van der Waals surface area contributed by atoms with Crippen molar-refractivity contribution in [2.75, 3.05) is 0 Å². The number of ketones is 1. The monoisotopic (exact) mass is 245 g/mol. The molecule has 0 aliphatic heterocycles. The summed E-state index contributed by atoms with van der Waals surface area (Å²) in [7, 11) is 0. The molecule has 2 aromatic rings. The van der Waals surface area contributed by atoms with Crippen LogP contribution >= 0.6 is 0 Å². The Labute approximate surface area is 102 Å². The molecule has 0 aliphatic carbocycles. The number of rotatable bonds is 3. The van der Waals surface area contributed by atoms with Gasteiger partial charge >= 0.3 is 5.97 Å². The molecule has 0 atom stereocenters. The third kappa shape index (κ3) is 2.40. The number of halogens is 1. The van der Waals surface area contributed by atoms with Crippen LogP contribution in [0.2, 0.25) is 0 Å². The van der Waals surface area contributed by atoms with E-state index in [1.54, 1.807) is 12.1 Å². The van der Waals surface area contributed by atoms with Crippen LogP contribution in [0.4, 0.5) is 4.39 Å². The molecule has 90 valence electrons. The standard InChI is InChI=1S/C13H8FNO3/c14-10-4-1-8(2-5-10)11-6-3-9(7-15-11)12(16)13(17)18/h1-7H,(H,17,18). The highest BCUT2D eigenvalue weighted by Crippen LogP contribution is 2.17. The topological polar surface area (TPSA) is 67.3 Å². The number of hydrogen-bond donors (Lipinski definition) is 1. The van der Waals surface area contributed by atoms with E-state index in [2.05, 4.69) is 4.98 Å². The van der Waals surface area contributed by atoms with E-state index in [0.717, 1.165) is 0 Å². The van der Waals surface area contributed by atoms with Gasteiger partial charge < -0.3 is 5.11 Å². The fraction of sp³-hybridized carbons (Fsp3) is 0. The first-order chi connectivity index (χ1) is 8.58. The van der Waals surface area contributed by atoms with E-state index in [-0.39, 0.29) is 11.4 Å². The van der Waals surface area contributed by atoms with Crippen molar-refractivity contribution in [2.45, 2.75) is 0 Å². The van der Waals surface area contributed by atoms with Gasteiger partial charge in [-0.3, -0.25) is 9.78 Å². The molecule has 1 aromatic carbocycles. The molecule has 0 radical (unpaired) electrons. The lowest BCUT2D eigenvalue weighted by molar-refractivity contribution is -0.131. The summed E-state index contributed by atoms with van der Waals surface area (Å²) >= 11 is 0. The third-order valence-corrected chi connectivity index (χ3v) is 2.36. The van der Waals surface area contributed by atoms with E-state index in [1.165, 1.54) is 30.5 Å². The Morgan fingerprint density at radius 3 is 2.22 bits per heavy atom. The minimum absolute atomic E-state index is 0.00774. The van der Waals surface area contributed by atoms with Crippen LogP contribution in [0.25, 0.3) is 11.3 Å². The van der Waals surface area contributed by atoms with Crippen LogP contribution in [-0.4, -0.2) is 21.8 Å². The fourth-order valence-electron chi connectivity index (χ4n) is 1.44. The lowest BCUT2D eigenvalue weighted by Crippen LogP contribution is -2.12. The molecule has 0 saturated carbocycles. The Morgan fingerprint density at radius 2 is 1.72 bits per heavy atom. The number of aliphatic carboxylic acids is 1. The highest BCUT2D eigenvalue weighted by Gasteiger charge is 2.14. The first-order valence-electron chi connectivity index (χ1n) is 5.07. The molecule has 0 spiro atoms. The highest BCUT2D eigenvalue weighted by atomic mass is 19.1. The molecule has 0 unspecified atom stereocenters. The average molecular weight is 245 g/mol. The second-order valence-electron chi connectivity index (χ2n) is 3.57. The van der Waals surface area contributed by atoms with Gasteiger partial charge in [-0.25, -0.2) is 9.18 Å². The summed E-state index contributed by atoms with van der Waals surface area (Å²) in [6.45, 7) is 0. The molecule has 1 aromatic heterocycles. The van der Waals surface area contributed by atoms with E-state index in [0.29, 0.717) is 11.3 Å². The summed E-state index contributed by atoms with van der Waals surface area (Å²) in [4.78, 5) is 25.6. The van der Waals surface area contributed by atoms with Gasteiger partial charge in [0.25, 0.3) is 5.78 Å². The van der Waals surface area contributed by atoms with Crippen molar-refractivity contribution in [2.24, 2.45) is 0 Å². The third-order valence-electron chi connectivity index (χ3n) is 2.36. The molecule has 5 heteroatoms. The van der Waals surface area contributed by atoms with Crippen molar-refractivity contribution in [1.29, 1.82) is 0 Å². The molecular formula is C13H8FNO3. The Kier molecular flexibility index (Phi) is 3.14. The lowest BCUT2D eigenvalue weighted by Gasteiger charge is -2.01. The van der Waals surface area contributed by atoms with Gasteiger partial charge in [0.05, 0.1) is 5.69 Å². The zero-order valence-corrected chi connectivity index (χ0v) is 9.13. The second kappa shape index (κ2) is 4.75. The summed E-state index contributed by atoms with van der Waals surface area (Å²) in [6.07, 6.45) is 1.19. The van der Waals surface area contributed by atoms with Gasteiger partial charge in [0.1, 0.15) is 5.82 Å². The number of benzene rings is 1. The number of carboxylic acid groups (broad SMARTS) is 1.